The number of carbonyl (C=O) groups is 1. The molecule has 0 atom stereocenters. The molecule has 0 bridgehead atoms. The monoisotopic (exact) mass is 283 g/mol. The van der Waals surface area contributed by atoms with Crippen molar-refractivity contribution in [3.8, 4) is 17.1 Å². The van der Waals surface area contributed by atoms with Crippen molar-refractivity contribution in [3.63, 3.8) is 0 Å². The second-order valence-corrected chi connectivity index (χ2v) is 4.30. The number of aromatic carboxylic acids is 1. The predicted molar refractivity (Wildman–Crippen MR) is 73.7 cm³/mol. The summed E-state index contributed by atoms with van der Waals surface area (Å²) in [5.41, 5.74) is 0.934. The molecule has 0 aliphatic rings. The summed E-state index contributed by atoms with van der Waals surface area (Å²) in [7, 11) is 0. The number of carboxylic acids is 1. The quantitative estimate of drug-likeness (QED) is 0.802. The average molecular weight is 283 g/mol. The number of pyridine rings is 1. The second kappa shape index (κ2) is 5.16. The van der Waals surface area contributed by atoms with Crippen LogP contribution in [0.1, 0.15) is 10.5 Å². The maximum absolute atomic E-state index is 14.0. The van der Waals surface area contributed by atoms with E-state index in [9.17, 15) is 9.18 Å². The smallest absolute Gasteiger partial charge is 0.356 e. The van der Waals surface area contributed by atoms with Gasteiger partial charge in [0.15, 0.2) is 5.69 Å². The zero-order valence-electron chi connectivity index (χ0n) is 10.8. The number of hydrogen-bond donors (Lipinski definition) is 1. The highest BCUT2D eigenvalue weighted by molar-refractivity contribution is 5.87. The van der Waals surface area contributed by atoms with E-state index in [-0.39, 0.29) is 11.4 Å². The summed E-state index contributed by atoms with van der Waals surface area (Å²) in [4.78, 5) is 15.3. The van der Waals surface area contributed by atoms with E-state index >= 15 is 0 Å². The molecule has 0 unspecified atom stereocenters. The highest BCUT2D eigenvalue weighted by Gasteiger charge is 2.18. The maximum Gasteiger partial charge on any atom is 0.356 e. The van der Waals surface area contributed by atoms with Crippen molar-refractivity contribution >= 4 is 5.97 Å². The van der Waals surface area contributed by atoms with Crippen molar-refractivity contribution in [2.45, 2.75) is 0 Å². The van der Waals surface area contributed by atoms with E-state index in [0.717, 1.165) is 0 Å². The van der Waals surface area contributed by atoms with E-state index in [1.54, 1.807) is 36.5 Å². The molecule has 0 aliphatic carbocycles. The van der Waals surface area contributed by atoms with Gasteiger partial charge in [-0.25, -0.2) is 13.9 Å². The van der Waals surface area contributed by atoms with Gasteiger partial charge in [-0.2, -0.15) is 5.10 Å². The average Bonchev–Trinajstić information content (AvgIpc) is 2.94. The molecule has 0 saturated carbocycles. The van der Waals surface area contributed by atoms with Crippen molar-refractivity contribution in [1.29, 1.82) is 0 Å². The van der Waals surface area contributed by atoms with Crippen LogP contribution in [-0.2, 0) is 0 Å². The van der Waals surface area contributed by atoms with Crippen molar-refractivity contribution in [2.24, 2.45) is 0 Å². The molecule has 0 aliphatic heterocycles. The second-order valence-electron chi connectivity index (χ2n) is 4.30. The van der Waals surface area contributed by atoms with Gasteiger partial charge >= 0.3 is 5.97 Å². The molecule has 2 aromatic heterocycles. The summed E-state index contributed by atoms with van der Waals surface area (Å²) in [5, 5.41) is 13.1. The van der Waals surface area contributed by atoms with Crippen LogP contribution >= 0.6 is 0 Å². The highest BCUT2D eigenvalue weighted by atomic mass is 19.1. The Hall–Kier alpha value is -3.02. The summed E-state index contributed by atoms with van der Waals surface area (Å²) in [6.07, 6.45) is 1.58. The standard InChI is InChI=1S/C15H10FN3O2/c16-10-5-1-2-7-13(10)19-14(9-12(18-19)15(20)21)11-6-3-4-8-17-11/h1-9H,(H,20,21). The first kappa shape index (κ1) is 13.0. The third-order valence-corrected chi connectivity index (χ3v) is 2.94. The van der Waals surface area contributed by atoms with Gasteiger partial charge in [0.25, 0.3) is 0 Å². The molecule has 0 amide bonds. The van der Waals surface area contributed by atoms with E-state index in [1.165, 1.54) is 22.9 Å². The van der Waals surface area contributed by atoms with Crippen LogP contribution in [0.25, 0.3) is 17.1 Å². The van der Waals surface area contributed by atoms with Crippen LogP contribution in [-0.4, -0.2) is 25.8 Å². The van der Waals surface area contributed by atoms with E-state index in [2.05, 4.69) is 10.1 Å². The Morgan fingerprint density at radius 1 is 1.14 bits per heavy atom. The molecule has 2 heterocycles. The lowest BCUT2D eigenvalue weighted by Crippen LogP contribution is -2.04. The Morgan fingerprint density at radius 2 is 1.90 bits per heavy atom. The van der Waals surface area contributed by atoms with Crippen LogP contribution in [0.5, 0.6) is 0 Å². The van der Waals surface area contributed by atoms with Crippen LogP contribution in [0, 0.1) is 5.82 Å². The molecule has 5 nitrogen and oxygen atoms in total. The predicted octanol–water partition coefficient (Wildman–Crippen LogP) is 2.77. The van der Waals surface area contributed by atoms with Crippen molar-refractivity contribution in [2.75, 3.05) is 0 Å². The van der Waals surface area contributed by atoms with Crippen LogP contribution < -0.4 is 0 Å². The van der Waals surface area contributed by atoms with Crippen molar-refractivity contribution in [3.05, 3.63) is 66.2 Å². The summed E-state index contributed by atoms with van der Waals surface area (Å²) in [6.45, 7) is 0. The number of aromatic nitrogens is 3. The topological polar surface area (TPSA) is 68.0 Å². The number of carboxylic acid groups (broad SMARTS) is 1. The van der Waals surface area contributed by atoms with Crippen LogP contribution in [0.2, 0.25) is 0 Å². The van der Waals surface area contributed by atoms with Crippen molar-refractivity contribution < 1.29 is 14.3 Å². The third kappa shape index (κ3) is 2.38. The molecular formula is C15H10FN3O2. The van der Waals surface area contributed by atoms with Gasteiger partial charge < -0.3 is 5.11 Å². The molecule has 0 spiro atoms. The number of nitrogens with zero attached hydrogens (tertiary/aromatic N) is 3. The molecule has 21 heavy (non-hydrogen) atoms. The fraction of sp³-hybridized carbons (Fsp3) is 0. The Balaban J connectivity index is 2.24. The lowest BCUT2D eigenvalue weighted by Gasteiger charge is -2.07. The Labute approximate surface area is 119 Å². The third-order valence-electron chi connectivity index (χ3n) is 2.94. The first-order valence-electron chi connectivity index (χ1n) is 6.16. The molecule has 3 rings (SSSR count). The first-order valence-corrected chi connectivity index (χ1v) is 6.16. The molecule has 1 aromatic carbocycles. The van der Waals surface area contributed by atoms with Gasteiger partial charge in [0.2, 0.25) is 0 Å². The Kier molecular flexibility index (Phi) is 3.19. The van der Waals surface area contributed by atoms with E-state index in [4.69, 9.17) is 5.11 Å². The van der Waals surface area contributed by atoms with Crippen molar-refractivity contribution in [1.82, 2.24) is 14.8 Å². The SMILES string of the molecule is O=C(O)c1cc(-c2ccccn2)n(-c2ccccc2F)n1. The van der Waals surface area contributed by atoms with E-state index in [0.29, 0.717) is 11.4 Å². The fourth-order valence-corrected chi connectivity index (χ4v) is 1.99. The van der Waals surface area contributed by atoms with Gasteiger partial charge in [0.1, 0.15) is 11.5 Å². The molecule has 6 heteroatoms. The molecule has 3 aromatic rings. The summed E-state index contributed by atoms with van der Waals surface area (Å²) >= 11 is 0. The van der Waals surface area contributed by atoms with Gasteiger partial charge in [-0.05, 0) is 24.3 Å². The number of para-hydroxylation sites is 1. The zero-order valence-corrected chi connectivity index (χ0v) is 10.8. The normalized spacial score (nSPS) is 10.5. The van der Waals surface area contributed by atoms with Gasteiger partial charge in [-0.3, -0.25) is 4.98 Å². The maximum atomic E-state index is 14.0. The van der Waals surface area contributed by atoms with E-state index < -0.39 is 11.8 Å². The minimum Gasteiger partial charge on any atom is -0.476 e. The lowest BCUT2D eigenvalue weighted by molar-refractivity contribution is 0.0690. The Bertz CT molecular complexity index is 800. The van der Waals surface area contributed by atoms with Gasteiger partial charge in [-0.1, -0.05) is 18.2 Å². The minimum absolute atomic E-state index is 0.168. The molecular weight excluding hydrogens is 273 g/mol. The molecule has 0 fully saturated rings. The fourth-order valence-electron chi connectivity index (χ4n) is 1.99. The van der Waals surface area contributed by atoms with Gasteiger partial charge in [0, 0.05) is 12.3 Å². The number of benzene rings is 1. The number of halogens is 1. The largest absolute Gasteiger partial charge is 0.476 e. The van der Waals surface area contributed by atoms with Gasteiger partial charge in [-0.15, -0.1) is 0 Å². The summed E-state index contributed by atoms with van der Waals surface area (Å²) in [6, 6.07) is 12.6. The van der Waals surface area contributed by atoms with Crippen LogP contribution in [0.15, 0.2) is 54.7 Å². The van der Waals surface area contributed by atoms with E-state index in [1.807, 2.05) is 0 Å². The summed E-state index contributed by atoms with van der Waals surface area (Å²) in [5.74, 6) is -1.67. The summed E-state index contributed by atoms with van der Waals surface area (Å²) < 4.78 is 15.2. The molecule has 104 valence electrons. The number of hydrogen-bond acceptors (Lipinski definition) is 3. The Morgan fingerprint density at radius 3 is 2.57 bits per heavy atom. The minimum atomic E-state index is -1.18. The first-order chi connectivity index (χ1) is 10.2. The zero-order chi connectivity index (χ0) is 14.8. The van der Waals surface area contributed by atoms with Crippen LogP contribution in [0.3, 0.4) is 0 Å². The van der Waals surface area contributed by atoms with Crippen LogP contribution in [0.4, 0.5) is 4.39 Å². The highest BCUT2D eigenvalue weighted by Crippen LogP contribution is 2.23. The lowest BCUT2D eigenvalue weighted by atomic mass is 10.2. The molecule has 0 saturated heterocycles. The molecule has 0 radical (unpaired) electrons. The van der Waals surface area contributed by atoms with Gasteiger partial charge in [0.05, 0.1) is 11.4 Å². The molecule has 1 N–H and O–H groups in total. The number of rotatable bonds is 3.